The maximum Gasteiger partial charge on any atom is 0.243 e. The first kappa shape index (κ1) is 26.6. The number of ether oxygens (including phenoxy) is 4. The molecule has 1 heterocycles. The quantitative estimate of drug-likeness (QED) is 0.516. The third kappa shape index (κ3) is 5.65. The summed E-state index contributed by atoms with van der Waals surface area (Å²) in [5.41, 5.74) is 1.55. The Morgan fingerprint density at radius 2 is 1.63 bits per heavy atom. The summed E-state index contributed by atoms with van der Waals surface area (Å²) in [4.78, 5) is 15.1. The van der Waals surface area contributed by atoms with Gasteiger partial charge in [-0.25, -0.2) is 8.42 Å². The Morgan fingerprint density at radius 1 is 1.00 bits per heavy atom. The molecule has 1 aliphatic rings. The molecule has 9 nitrogen and oxygen atoms in total. The number of piperidine rings is 1. The van der Waals surface area contributed by atoms with E-state index in [1.165, 1.54) is 25.6 Å². The van der Waals surface area contributed by atoms with E-state index in [9.17, 15) is 13.2 Å². The van der Waals surface area contributed by atoms with E-state index in [0.717, 1.165) is 11.1 Å². The van der Waals surface area contributed by atoms with E-state index in [2.05, 4.69) is 0 Å². The zero-order valence-corrected chi connectivity index (χ0v) is 22.0. The zero-order chi connectivity index (χ0) is 25.8. The Labute approximate surface area is 207 Å². The Morgan fingerprint density at radius 3 is 2.17 bits per heavy atom. The molecule has 0 spiro atoms. The fraction of sp³-hybridized carbons (Fsp3) is 0.480. The number of aryl methyl sites for hydroxylation is 1. The number of hydrogen-bond donors (Lipinski definition) is 0. The lowest BCUT2D eigenvalue weighted by molar-refractivity contribution is -0.135. The summed E-state index contributed by atoms with van der Waals surface area (Å²) in [7, 11) is 4.15. The Bertz CT molecular complexity index is 1140. The summed E-state index contributed by atoms with van der Waals surface area (Å²) >= 11 is 0. The van der Waals surface area contributed by atoms with Crippen molar-refractivity contribution in [2.75, 3.05) is 48.6 Å². The van der Waals surface area contributed by atoms with Crippen LogP contribution in [0.25, 0.3) is 0 Å². The molecule has 1 fully saturated rings. The van der Waals surface area contributed by atoms with Gasteiger partial charge in [-0.1, -0.05) is 0 Å². The molecular formula is C25H34N2O7S. The van der Waals surface area contributed by atoms with Crippen LogP contribution in [0.2, 0.25) is 0 Å². The van der Waals surface area contributed by atoms with Gasteiger partial charge in [0.25, 0.3) is 0 Å². The zero-order valence-electron chi connectivity index (χ0n) is 21.2. The maximum absolute atomic E-state index is 13.3. The predicted octanol–water partition coefficient (Wildman–Crippen LogP) is 3.09. The van der Waals surface area contributed by atoms with Gasteiger partial charge in [0, 0.05) is 26.7 Å². The van der Waals surface area contributed by atoms with Gasteiger partial charge in [0.2, 0.25) is 21.7 Å². The Kier molecular flexibility index (Phi) is 8.50. The van der Waals surface area contributed by atoms with Crippen LogP contribution in [0.3, 0.4) is 0 Å². The average molecular weight is 507 g/mol. The third-order valence-electron chi connectivity index (χ3n) is 6.26. The van der Waals surface area contributed by atoms with E-state index >= 15 is 0 Å². The summed E-state index contributed by atoms with van der Waals surface area (Å²) in [6, 6.07) is 8.41. The lowest BCUT2D eigenvalue weighted by Gasteiger charge is -2.33. The van der Waals surface area contributed by atoms with Gasteiger partial charge in [-0.15, -0.1) is 0 Å². The molecule has 192 valence electrons. The van der Waals surface area contributed by atoms with Crippen LogP contribution in [-0.2, 0) is 21.4 Å². The number of rotatable bonds is 9. The second-order valence-corrected chi connectivity index (χ2v) is 10.5. The second kappa shape index (κ2) is 11.2. The highest BCUT2D eigenvalue weighted by atomic mass is 32.2. The van der Waals surface area contributed by atoms with Crippen LogP contribution < -0.4 is 18.9 Å². The minimum Gasteiger partial charge on any atom is -0.496 e. The molecule has 0 saturated carbocycles. The summed E-state index contributed by atoms with van der Waals surface area (Å²) in [5.74, 6) is 1.59. The van der Waals surface area contributed by atoms with E-state index in [1.54, 1.807) is 56.3 Å². The van der Waals surface area contributed by atoms with Crippen molar-refractivity contribution in [2.45, 2.75) is 31.2 Å². The molecule has 10 heteroatoms. The third-order valence-corrected chi connectivity index (χ3v) is 8.12. The molecule has 0 N–H and O–H groups in total. The molecule has 3 rings (SSSR count). The van der Waals surface area contributed by atoms with Crippen LogP contribution in [-0.4, -0.2) is 72.1 Å². The predicted molar refractivity (Wildman–Crippen MR) is 132 cm³/mol. The topological polar surface area (TPSA) is 94.6 Å². The average Bonchev–Trinajstić information content (AvgIpc) is 2.87. The highest BCUT2D eigenvalue weighted by Gasteiger charge is 2.34. The van der Waals surface area contributed by atoms with Crippen molar-refractivity contribution < 1.29 is 32.2 Å². The Balaban J connectivity index is 1.75. The highest BCUT2D eigenvalue weighted by Crippen LogP contribution is 2.38. The number of hydrogen-bond acceptors (Lipinski definition) is 7. The first-order chi connectivity index (χ1) is 16.7. The number of amides is 1. The number of methoxy groups -OCH3 is 4. The van der Waals surface area contributed by atoms with Crippen LogP contribution in [0.15, 0.2) is 35.2 Å². The van der Waals surface area contributed by atoms with Gasteiger partial charge >= 0.3 is 0 Å². The number of carbonyl (C=O) groups is 1. The molecule has 1 saturated heterocycles. The largest absolute Gasteiger partial charge is 0.496 e. The van der Waals surface area contributed by atoms with Crippen molar-refractivity contribution in [1.29, 1.82) is 0 Å². The lowest BCUT2D eigenvalue weighted by Crippen LogP contribution is -2.45. The molecule has 2 aromatic carbocycles. The molecular weight excluding hydrogens is 472 g/mol. The fourth-order valence-corrected chi connectivity index (χ4v) is 6.02. The van der Waals surface area contributed by atoms with Gasteiger partial charge in [0.15, 0.2) is 11.5 Å². The van der Waals surface area contributed by atoms with Crippen LogP contribution >= 0.6 is 0 Å². The standard InChI is InChI=1S/C25H34N2O7S/c1-17-12-20(9-10-21(17)31-3)35(29,30)27-11-7-8-19(16-27)25(28)26(2)15-18-13-22(32-4)24(34-6)23(14-18)33-5/h9-10,12-14,19H,7-8,11,15-16H2,1-6H3. The monoisotopic (exact) mass is 506 g/mol. The summed E-state index contributed by atoms with van der Waals surface area (Å²) < 4.78 is 49.4. The first-order valence-corrected chi connectivity index (χ1v) is 12.8. The molecule has 1 aliphatic heterocycles. The molecule has 0 aliphatic carbocycles. The van der Waals surface area contributed by atoms with Gasteiger partial charge in [0.1, 0.15) is 5.75 Å². The number of sulfonamides is 1. The van der Waals surface area contributed by atoms with Crippen LogP contribution in [0, 0.1) is 12.8 Å². The molecule has 35 heavy (non-hydrogen) atoms. The van der Waals surface area contributed by atoms with Crippen molar-refractivity contribution in [3.63, 3.8) is 0 Å². The first-order valence-electron chi connectivity index (χ1n) is 11.3. The van der Waals surface area contributed by atoms with E-state index in [1.807, 2.05) is 0 Å². The molecule has 0 aromatic heterocycles. The van der Waals surface area contributed by atoms with Crippen molar-refractivity contribution in [3.8, 4) is 23.0 Å². The van der Waals surface area contributed by atoms with E-state index in [0.29, 0.717) is 48.9 Å². The minimum absolute atomic E-state index is 0.107. The van der Waals surface area contributed by atoms with Crippen LogP contribution in [0.5, 0.6) is 23.0 Å². The minimum atomic E-state index is -3.73. The molecule has 2 aromatic rings. The van der Waals surface area contributed by atoms with E-state index < -0.39 is 15.9 Å². The van der Waals surface area contributed by atoms with Gasteiger partial charge < -0.3 is 23.8 Å². The molecule has 1 atom stereocenters. The summed E-state index contributed by atoms with van der Waals surface area (Å²) in [5, 5.41) is 0. The molecule has 0 bridgehead atoms. The maximum atomic E-state index is 13.3. The van der Waals surface area contributed by atoms with Crippen molar-refractivity contribution >= 4 is 15.9 Å². The van der Waals surface area contributed by atoms with Crippen molar-refractivity contribution in [1.82, 2.24) is 9.21 Å². The van der Waals surface area contributed by atoms with Gasteiger partial charge in [-0.05, 0) is 61.2 Å². The molecule has 1 unspecified atom stereocenters. The SMILES string of the molecule is COc1ccc(S(=O)(=O)N2CCCC(C(=O)N(C)Cc3cc(OC)c(OC)c(OC)c3)C2)cc1C. The summed E-state index contributed by atoms with van der Waals surface area (Å²) in [6.07, 6.45) is 1.24. The second-order valence-electron chi connectivity index (χ2n) is 8.56. The smallest absolute Gasteiger partial charge is 0.243 e. The van der Waals surface area contributed by atoms with Crippen molar-refractivity contribution in [3.05, 3.63) is 41.5 Å². The summed E-state index contributed by atoms with van der Waals surface area (Å²) in [6.45, 7) is 2.65. The van der Waals surface area contributed by atoms with Crippen molar-refractivity contribution in [2.24, 2.45) is 5.92 Å². The van der Waals surface area contributed by atoms with E-state index in [4.69, 9.17) is 18.9 Å². The van der Waals surface area contributed by atoms with Crippen LogP contribution in [0.4, 0.5) is 0 Å². The Hall–Kier alpha value is -2.98. The van der Waals surface area contributed by atoms with Gasteiger partial charge in [0.05, 0.1) is 39.3 Å². The lowest BCUT2D eigenvalue weighted by atomic mass is 9.98. The number of carbonyl (C=O) groups excluding carboxylic acids is 1. The molecule has 0 radical (unpaired) electrons. The van der Waals surface area contributed by atoms with Gasteiger partial charge in [-0.2, -0.15) is 4.31 Å². The van der Waals surface area contributed by atoms with Crippen LogP contribution in [0.1, 0.15) is 24.0 Å². The highest BCUT2D eigenvalue weighted by molar-refractivity contribution is 7.89. The molecule has 1 amide bonds. The number of nitrogens with zero attached hydrogens (tertiary/aromatic N) is 2. The normalized spacial score (nSPS) is 16.5. The van der Waals surface area contributed by atoms with Gasteiger partial charge in [-0.3, -0.25) is 4.79 Å². The number of benzene rings is 2. The van der Waals surface area contributed by atoms with E-state index in [-0.39, 0.29) is 17.3 Å². The fourth-order valence-electron chi connectivity index (χ4n) is 4.41.